The number of rotatable bonds is 4. The molecule has 17 heavy (non-hydrogen) atoms. The highest BCUT2D eigenvalue weighted by Gasteiger charge is 2.34. The van der Waals surface area contributed by atoms with E-state index in [1.54, 1.807) is 0 Å². The van der Waals surface area contributed by atoms with Crippen molar-refractivity contribution in [2.75, 3.05) is 0 Å². The number of hydrogen-bond acceptors (Lipinski definition) is 1. The molecule has 1 nitrogen and oxygen atoms in total. The summed E-state index contributed by atoms with van der Waals surface area (Å²) in [6.07, 6.45) is 4.37. The van der Waals surface area contributed by atoms with Gasteiger partial charge in [-0.25, -0.2) is 13.2 Å². The van der Waals surface area contributed by atoms with Crippen molar-refractivity contribution in [3.05, 3.63) is 35.1 Å². The molecular weight excluding hydrogens is 227 g/mol. The van der Waals surface area contributed by atoms with E-state index in [1.165, 1.54) is 6.42 Å². The van der Waals surface area contributed by atoms with Crippen LogP contribution in [0, 0.1) is 17.5 Å². The molecule has 1 aliphatic carbocycles. The predicted octanol–water partition coefficient (Wildman–Crippen LogP) is 3.53. The van der Waals surface area contributed by atoms with Crippen molar-refractivity contribution in [1.82, 2.24) is 5.32 Å². The van der Waals surface area contributed by atoms with Gasteiger partial charge in [-0.2, -0.15) is 0 Å². The van der Waals surface area contributed by atoms with Crippen molar-refractivity contribution in [3.63, 3.8) is 0 Å². The van der Waals surface area contributed by atoms with Gasteiger partial charge < -0.3 is 5.32 Å². The van der Waals surface area contributed by atoms with E-state index in [0.717, 1.165) is 31.4 Å². The zero-order chi connectivity index (χ0) is 12.5. The molecule has 0 unspecified atom stereocenters. The molecule has 1 aromatic carbocycles. The molecule has 0 heterocycles. The van der Waals surface area contributed by atoms with Crippen LogP contribution in [0.3, 0.4) is 0 Å². The second-order valence-electron chi connectivity index (χ2n) is 4.71. The van der Waals surface area contributed by atoms with Crippen molar-refractivity contribution in [3.8, 4) is 0 Å². The van der Waals surface area contributed by atoms with E-state index in [-0.39, 0.29) is 5.54 Å². The maximum Gasteiger partial charge on any atom is 0.194 e. The Morgan fingerprint density at radius 3 is 2.18 bits per heavy atom. The molecule has 0 aliphatic heterocycles. The Balaban J connectivity index is 2.04. The SMILES string of the molecule is CCC1(NCc2cc(F)c(F)c(F)c2)CCC1. The Kier molecular flexibility index (Phi) is 3.43. The van der Waals surface area contributed by atoms with Gasteiger partial charge in [-0.15, -0.1) is 0 Å². The second kappa shape index (κ2) is 4.69. The van der Waals surface area contributed by atoms with Gasteiger partial charge in [0.15, 0.2) is 17.5 Å². The van der Waals surface area contributed by atoms with Crippen LogP contribution < -0.4 is 5.32 Å². The lowest BCUT2D eigenvalue weighted by Crippen LogP contribution is -2.49. The summed E-state index contributed by atoms with van der Waals surface area (Å²) in [5.74, 6) is -3.65. The molecule has 0 bridgehead atoms. The van der Waals surface area contributed by atoms with Crippen LogP contribution in [0.1, 0.15) is 38.2 Å². The summed E-state index contributed by atoms with van der Waals surface area (Å²) in [6.45, 7) is 2.47. The fourth-order valence-corrected chi connectivity index (χ4v) is 2.26. The maximum atomic E-state index is 13.0. The van der Waals surface area contributed by atoms with Crippen molar-refractivity contribution in [1.29, 1.82) is 0 Å². The van der Waals surface area contributed by atoms with Gasteiger partial charge in [0.2, 0.25) is 0 Å². The van der Waals surface area contributed by atoms with Crippen molar-refractivity contribution in [2.24, 2.45) is 0 Å². The zero-order valence-corrected chi connectivity index (χ0v) is 9.82. The van der Waals surface area contributed by atoms with Crippen molar-refractivity contribution >= 4 is 0 Å². The smallest absolute Gasteiger partial charge is 0.194 e. The summed E-state index contributed by atoms with van der Waals surface area (Å²) < 4.78 is 38.7. The molecule has 0 aromatic heterocycles. The maximum absolute atomic E-state index is 13.0. The molecule has 94 valence electrons. The summed E-state index contributed by atoms with van der Waals surface area (Å²) in [4.78, 5) is 0. The Labute approximate surface area is 99.0 Å². The summed E-state index contributed by atoms with van der Waals surface area (Å²) in [5, 5.41) is 3.32. The van der Waals surface area contributed by atoms with Crippen molar-refractivity contribution < 1.29 is 13.2 Å². The summed E-state index contributed by atoms with van der Waals surface area (Å²) in [6, 6.07) is 2.10. The lowest BCUT2D eigenvalue weighted by Gasteiger charge is -2.42. The summed E-state index contributed by atoms with van der Waals surface area (Å²) in [7, 11) is 0. The van der Waals surface area contributed by atoms with Gasteiger partial charge in [0.25, 0.3) is 0 Å². The Morgan fingerprint density at radius 1 is 1.18 bits per heavy atom. The molecular formula is C13H16F3N. The molecule has 0 atom stereocenters. The molecule has 1 N–H and O–H groups in total. The minimum absolute atomic E-state index is 0.112. The van der Waals surface area contributed by atoms with Crippen LogP contribution in [-0.4, -0.2) is 5.54 Å². The van der Waals surface area contributed by atoms with Gasteiger partial charge in [0.1, 0.15) is 0 Å². The zero-order valence-electron chi connectivity index (χ0n) is 9.82. The van der Waals surface area contributed by atoms with Gasteiger partial charge in [-0.1, -0.05) is 6.92 Å². The molecule has 1 aromatic rings. The van der Waals surface area contributed by atoms with E-state index in [0.29, 0.717) is 12.1 Å². The fourth-order valence-electron chi connectivity index (χ4n) is 2.26. The van der Waals surface area contributed by atoms with E-state index in [2.05, 4.69) is 12.2 Å². The van der Waals surface area contributed by atoms with Crippen molar-refractivity contribution in [2.45, 2.75) is 44.7 Å². The van der Waals surface area contributed by atoms with Gasteiger partial charge in [-0.05, 0) is 43.4 Å². The van der Waals surface area contributed by atoms with E-state index >= 15 is 0 Å². The monoisotopic (exact) mass is 243 g/mol. The standard InChI is InChI=1S/C13H16F3N/c1-2-13(4-3-5-13)17-8-9-6-10(14)12(16)11(15)7-9/h6-7,17H,2-5,8H2,1H3. The lowest BCUT2D eigenvalue weighted by molar-refractivity contribution is 0.175. The number of hydrogen-bond donors (Lipinski definition) is 1. The average Bonchev–Trinajstić information content (AvgIpc) is 2.25. The van der Waals surface area contributed by atoms with Crippen LogP contribution in [-0.2, 0) is 6.54 Å². The molecule has 1 aliphatic rings. The third-order valence-corrected chi connectivity index (χ3v) is 3.70. The Hall–Kier alpha value is -1.03. The lowest BCUT2D eigenvalue weighted by atomic mass is 9.75. The van der Waals surface area contributed by atoms with E-state index in [4.69, 9.17) is 0 Å². The third kappa shape index (κ3) is 2.46. The van der Waals surface area contributed by atoms with Gasteiger partial charge >= 0.3 is 0 Å². The Bertz CT molecular complexity index is 385. The quantitative estimate of drug-likeness (QED) is 0.798. The summed E-state index contributed by atoms with van der Waals surface area (Å²) >= 11 is 0. The van der Waals surface area contributed by atoms with Crippen LogP contribution in [0.2, 0.25) is 0 Å². The van der Waals surface area contributed by atoms with Gasteiger partial charge in [0.05, 0.1) is 0 Å². The molecule has 0 radical (unpaired) electrons. The minimum atomic E-state index is -1.40. The highest BCUT2D eigenvalue weighted by Crippen LogP contribution is 2.34. The number of nitrogens with one attached hydrogen (secondary N) is 1. The molecule has 1 saturated carbocycles. The first-order chi connectivity index (χ1) is 8.06. The van der Waals surface area contributed by atoms with E-state index in [1.807, 2.05) is 0 Å². The normalized spacial score (nSPS) is 17.9. The molecule has 4 heteroatoms. The molecule has 0 amide bonds. The second-order valence-corrected chi connectivity index (χ2v) is 4.71. The largest absolute Gasteiger partial charge is 0.307 e. The molecule has 2 rings (SSSR count). The Morgan fingerprint density at radius 2 is 1.76 bits per heavy atom. The first-order valence-corrected chi connectivity index (χ1v) is 5.95. The van der Waals surface area contributed by atoms with Crippen LogP contribution in [0.25, 0.3) is 0 Å². The minimum Gasteiger partial charge on any atom is -0.307 e. The fraction of sp³-hybridized carbons (Fsp3) is 0.538. The highest BCUT2D eigenvalue weighted by atomic mass is 19.2. The van der Waals surface area contributed by atoms with Crippen LogP contribution >= 0.6 is 0 Å². The number of benzene rings is 1. The molecule has 0 saturated heterocycles. The number of halogens is 3. The first-order valence-electron chi connectivity index (χ1n) is 5.95. The topological polar surface area (TPSA) is 12.0 Å². The van der Waals surface area contributed by atoms with E-state index in [9.17, 15) is 13.2 Å². The third-order valence-electron chi connectivity index (χ3n) is 3.70. The first kappa shape index (κ1) is 12.4. The van der Waals surface area contributed by atoms with Gasteiger partial charge in [0, 0.05) is 12.1 Å². The average molecular weight is 243 g/mol. The highest BCUT2D eigenvalue weighted by molar-refractivity contribution is 5.19. The summed E-state index contributed by atoms with van der Waals surface area (Å²) in [5.41, 5.74) is 0.558. The van der Waals surface area contributed by atoms with Gasteiger partial charge in [-0.3, -0.25) is 0 Å². The van der Waals surface area contributed by atoms with Crippen LogP contribution in [0.15, 0.2) is 12.1 Å². The predicted molar refractivity (Wildman–Crippen MR) is 60.0 cm³/mol. The van der Waals surface area contributed by atoms with E-state index < -0.39 is 17.5 Å². The molecule has 1 fully saturated rings. The van der Waals surface area contributed by atoms with Crippen LogP contribution in [0.4, 0.5) is 13.2 Å². The van der Waals surface area contributed by atoms with Crippen LogP contribution in [0.5, 0.6) is 0 Å². The molecule has 0 spiro atoms.